The van der Waals surface area contributed by atoms with Gasteiger partial charge in [0.2, 0.25) is 0 Å². The molecule has 0 fully saturated rings. The van der Waals surface area contributed by atoms with Gasteiger partial charge in [-0.15, -0.1) is 11.6 Å². The summed E-state index contributed by atoms with van der Waals surface area (Å²) in [5, 5.41) is 0.599. The molecule has 0 unspecified atom stereocenters. The first-order valence-corrected chi connectivity index (χ1v) is 6.97. The van der Waals surface area contributed by atoms with Crippen LogP contribution in [0.4, 0.5) is 0 Å². The Bertz CT molecular complexity index is 548. The van der Waals surface area contributed by atoms with Crippen LogP contribution in [0.15, 0.2) is 41.1 Å². The molecular weight excluding hydrogens is 337 g/mol. The zero-order chi connectivity index (χ0) is 13.0. The molecule has 0 radical (unpaired) electrons. The first-order chi connectivity index (χ1) is 8.70. The van der Waals surface area contributed by atoms with Crippen LogP contribution in [0, 0.1) is 0 Å². The van der Waals surface area contributed by atoms with Crippen LogP contribution >= 0.6 is 39.1 Å². The van der Waals surface area contributed by atoms with Crippen LogP contribution in [0.1, 0.15) is 11.1 Å². The number of aromatic nitrogens is 1. The molecule has 0 aliphatic heterocycles. The van der Waals surface area contributed by atoms with E-state index in [0.29, 0.717) is 17.5 Å². The minimum absolute atomic E-state index is 0.396. The van der Waals surface area contributed by atoms with Gasteiger partial charge >= 0.3 is 0 Å². The molecule has 5 heteroatoms. The first-order valence-electron chi connectivity index (χ1n) is 5.26. The molecule has 0 N–H and O–H groups in total. The molecule has 0 atom stereocenters. The summed E-state index contributed by atoms with van der Waals surface area (Å²) >= 11 is 15.3. The SMILES string of the molecule is ClCc1cc(Br)ccc1OCc1ccncc1Cl. The zero-order valence-electron chi connectivity index (χ0n) is 9.37. The highest BCUT2D eigenvalue weighted by Crippen LogP contribution is 2.26. The van der Waals surface area contributed by atoms with E-state index in [-0.39, 0.29) is 0 Å². The van der Waals surface area contributed by atoms with Gasteiger partial charge in [0.15, 0.2) is 0 Å². The number of ether oxygens (including phenoxy) is 1. The summed E-state index contributed by atoms with van der Waals surface area (Å²) in [4.78, 5) is 3.93. The smallest absolute Gasteiger partial charge is 0.124 e. The molecule has 1 aromatic carbocycles. The van der Waals surface area contributed by atoms with Crippen molar-refractivity contribution in [2.75, 3.05) is 0 Å². The number of hydrogen-bond acceptors (Lipinski definition) is 2. The molecule has 0 bridgehead atoms. The summed E-state index contributed by atoms with van der Waals surface area (Å²) in [6.07, 6.45) is 3.29. The number of pyridine rings is 1. The van der Waals surface area contributed by atoms with E-state index in [1.807, 2.05) is 24.3 Å². The van der Waals surface area contributed by atoms with Crippen LogP contribution in [0.3, 0.4) is 0 Å². The van der Waals surface area contributed by atoms with Gasteiger partial charge in [0, 0.05) is 28.0 Å². The third-order valence-corrected chi connectivity index (χ3v) is 3.53. The fourth-order valence-electron chi connectivity index (χ4n) is 1.47. The maximum absolute atomic E-state index is 6.01. The van der Waals surface area contributed by atoms with E-state index in [9.17, 15) is 0 Å². The van der Waals surface area contributed by atoms with Gasteiger partial charge in [-0.3, -0.25) is 4.98 Å². The number of benzene rings is 1. The van der Waals surface area contributed by atoms with E-state index >= 15 is 0 Å². The van der Waals surface area contributed by atoms with Crippen LogP contribution in [0.5, 0.6) is 5.75 Å². The minimum atomic E-state index is 0.396. The third kappa shape index (κ3) is 3.37. The first kappa shape index (κ1) is 13.7. The molecular formula is C13H10BrCl2NO. The molecule has 0 aliphatic carbocycles. The Morgan fingerprint density at radius 1 is 1.22 bits per heavy atom. The molecule has 0 spiro atoms. The number of nitrogens with zero attached hydrogens (tertiary/aromatic N) is 1. The average molecular weight is 347 g/mol. The van der Waals surface area contributed by atoms with Crippen molar-refractivity contribution in [3.05, 3.63) is 57.3 Å². The molecule has 1 aromatic heterocycles. The Morgan fingerprint density at radius 3 is 2.78 bits per heavy atom. The number of halogens is 3. The van der Waals surface area contributed by atoms with E-state index < -0.39 is 0 Å². The van der Waals surface area contributed by atoms with Gasteiger partial charge in [0.25, 0.3) is 0 Å². The largest absolute Gasteiger partial charge is 0.489 e. The van der Waals surface area contributed by atoms with Gasteiger partial charge in [0.1, 0.15) is 12.4 Å². The minimum Gasteiger partial charge on any atom is -0.489 e. The molecule has 94 valence electrons. The fraction of sp³-hybridized carbons (Fsp3) is 0.154. The average Bonchev–Trinajstić information content (AvgIpc) is 2.39. The standard InChI is InChI=1S/C13H10BrCl2NO/c14-11-1-2-13(10(5-11)6-15)18-8-9-3-4-17-7-12(9)16/h1-5,7H,6,8H2. The molecule has 2 rings (SSSR count). The van der Waals surface area contributed by atoms with Gasteiger partial charge in [0.05, 0.1) is 10.9 Å². The lowest BCUT2D eigenvalue weighted by atomic mass is 10.2. The molecule has 0 aliphatic rings. The number of rotatable bonds is 4. The van der Waals surface area contributed by atoms with Crippen molar-refractivity contribution >= 4 is 39.1 Å². The van der Waals surface area contributed by atoms with E-state index in [0.717, 1.165) is 21.3 Å². The lowest BCUT2D eigenvalue weighted by molar-refractivity contribution is 0.303. The Hall–Kier alpha value is -0.770. The quantitative estimate of drug-likeness (QED) is 0.741. The molecule has 0 saturated heterocycles. The Balaban J connectivity index is 2.13. The monoisotopic (exact) mass is 345 g/mol. The molecule has 2 aromatic rings. The van der Waals surface area contributed by atoms with Crippen LogP contribution in [0.25, 0.3) is 0 Å². The Morgan fingerprint density at radius 2 is 2.06 bits per heavy atom. The molecule has 2 nitrogen and oxygen atoms in total. The summed E-state index contributed by atoms with van der Waals surface area (Å²) in [6.45, 7) is 0.396. The summed E-state index contributed by atoms with van der Waals surface area (Å²) in [5.74, 6) is 1.17. The van der Waals surface area contributed by atoms with E-state index in [2.05, 4.69) is 20.9 Å². The lowest BCUT2D eigenvalue weighted by Gasteiger charge is -2.11. The zero-order valence-corrected chi connectivity index (χ0v) is 12.5. The van der Waals surface area contributed by atoms with Gasteiger partial charge in [-0.25, -0.2) is 0 Å². The second kappa shape index (κ2) is 6.41. The van der Waals surface area contributed by atoms with Crippen molar-refractivity contribution in [1.82, 2.24) is 4.98 Å². The highest BCUT2D eigenvalue weighted by Gasteiger charge is 2.05. The predicted molar refractivity (Wildman–Crippen MR) is 77.3 cm³/mol. The summed E-state index contributed by atoms with van der Waals surface area (Å²) in [7, 11) is 0. The highest BCUT2D eigenvalue weighted by molar-refractivity contribution is 9.10. The Kier molecular flexibility index (Phi) is 4.87. The van der Waals surface area contributed by atoms with Gasteiger partial charge < -0.3 is 4.74 Å². The van der Waals surface area contributed by atoms with Crippen LogP contribution < -0.4 is 4.74 Å². The molecule has 18 heavy (non-hydrogen) atoms. The van der Waals surface area contributed by atoms with Crippen LogP contribution in [0.2, 0.25) is 5.02 Å². The van der Waals surface area contributed by atoms with Crippen molar-refractivity contribution in [3.63, 3.8) is 0 Å². The normalized spacial score (nSPS) is 10.4. The van der Waals surface area contributed by atoms with Crippen molar-refractivity contribution in [2.24, 2.45) is 0 Å². The fourth-order valence-corrected chi connectivity index (χ4v) is 2.26. The summed E-state index contributed by atoms with van der Waals surface area (Å²) in [5.41, 5.74) is 1.84. The second-order valence-corrected chi connectivity index (χ2v) is 5.23. The van der Waals surface area contributed by atoms with E-state index in [1.165, 1.54) is 0 Å². The van der Waals surface area contributed by atoms with Crippen LogP contribution in [-0.2, 0) is 12.5 Å². The third-order valence-electron chi connectivity index (χ3n) is 2.41. The Labute approximate surface area is 124 Å². The maximum Gasteiger partial charge on any atom is 0.124 e. The molecule has 1 heterocycles. The lowest BCUT2D eigenvalue weighted by Crippen LogP contribution is -1.99. The number of alkyl halides is 1. The van der Waals surface area contributed by atoms with Gasteiger partial charge in [-0.1, -0.05) is 27.5 Å². The predicted octanol–water partition coefficient (Wildman–Crippen LogP) is 4.82. The number of hydrogen-bond donors (Lipinski definition) is 0. The topological polar surface area (TPSA) is 22.1 Å². The maximum atomic E-state index is 6.01. The van der Waals surface area contributed by atoms with E-state index in [4.69, 9.17) is 27.9 Å². The summed E-state index contributed by atoms with van der Waals surface area (Å²) in [6, 6.07) is 7.58. The van der Waals surface area contributed by atoms with Crippen molar-refractivity contribution in [1.29, 1.82) is 0 Å². The highest BCUT2D eigenvalue weighted by atomic mass is 79.9. The van der Waals surface area contributed by atoms with Crippen molar-refractivity contribution in [3.8, 4) is 5.75 Å². The molecule has 0 saturated carbocycles. The molecule has 0 amide bonds. The van der Waals surface area contributed by atoms with Gasteiger partial charge in [-0.05, 0) is 24.3 Å². The summed E-state index contributed by atoms with van der Waals surface area (Å²) < 4.78 is 6.71. The van der Waals surface area contributed by atoms with Crippen molar-refractivity contribution in [2.45, 2.75) is 12.5 Å². The second-order valence-electron chi connectivity index (χ2n) is 3.64. The van der Waals surface area contributed by atoms with Gasteiger partial charge in [-0.2, -0.15) is 0 Å². The van der Waals surface area contributed by atoms with E-state index in [1.54, 1.807) is 12.4 Å². The van der Waals surface area contributed by atoms with Crippen molar-refractivity contribution < 1.29 is 4.74 Å². The van der Waals surface area contributed by atoms with Crippen LogP contribution in [-0.4, -0.2) is 4.98 Å².